The summed E-state index contributed by atoms with van der Waals surface area (Å²) in [7, 11) is 3.49. The number of amides is 1. The van der Waals surface area contributed by atoms with Crippen molar-refractivity contribution in [2.24, 2.45) is 0 Å². The van der Waals surface area contributed by atoms with Gasteiger partial charge in [0.15, 0.2) is 5.65 Å². The van der Waals surface area contributed by atoms with Crippen LogP contribution in [0.15, 0.2) is 36.8 Å². The third-order valence-electron chi connectivity index (χ3n) is 7.27. The van der Waals surface area contributed by atoms with Crippen LogP contribution in [0.3, 0.4) is 0 Å². The molecule has 10 nitrogen and oxygen atoms in total. The number of methoxy groups -OCH3 is 1. The van der Waals surface area contributed by atoms with E-state index in [0.29, 0.717) is 48.8 Å². The summed E-state index contributed by atoms with van der Waals surface area (Å²) < 4.78 is 28.9. The smallest absolute Gasteiger partial charge is 0.257 e. The number of alkyl halides is 1. The second kappa shape index (κ2) is 9.14. The van der Waals surface area contributed by atoms with Gasteiger partial charge in [0.25, 0.3) is 5.91 Å². The largest absolute Gasteiger partial charge is 0.379 e. The number of anilines is 1. The summed E-state index contributed by atoms with van der Waals surface area (Å²) in [4.78, 5) is 22.5. The zero-order valence-corrected chi connectivity index (χ0v) is 20.1. The van der Waals surface area contributed by atoms with E-state index in [1.54, 1.807) is 24.9 Å². The van der Waals surface area contributed by atoms with Crippen molar-refractivity contribution in [3.05, 3.63) is 42.4 Å². The number of fused-ring (bicyclic) bond motifs is 2. The van der Waals surface area contributed by atoms with Gasteiger partial charge in [-0.1, -0.05) is 0 Å². The van der Waals surface area contributed by atoms with Crippen LogP contribution in [-0.2, 0) is 9.47 Å². The van der Waals surface area contributed by atoms with Crippen molar-refractivity contribution < 1.29 is 18.7 Å². The molecular formula is C25H28FN7O3. The number of nitrogens with one attached hydrogen (secondary N) is 2. The van der Waals surface area contributed by atoms with Crippen LogP contribution in [0, 0.1) is 0 Å². The monoisotopic (exact) mass is 493 g/mol. The number of pyridine rings is 1. The van der Waals surface area contributed by atoms with Gasteiger partial charge in [-0.3, -0.25) is 4.79 Å². The molecule has 1 aliphatic heterocycles. The van der Waals surface area contributed by atoms with Gasteiger partial charge in [0.1, 0.15) is 29.3 Å². The predicted molar refractivity (Wildman–Crippen MR) is 132 cm³/mol. The van der Waals surface area contributed by atoms with E-state index < -0.39 is 12.2 Å². The summed E-state index contributed by atoms with van der Waals surface area (Å²) in [6, 6.07) is 5.42. The lowest BCUT2D eigenvalue weighted by Gasteiger charge is -2.31. The maximum atomic E-state index is 13.8. The van der Waals surface area contributed by atoms with E-state index >= 15 is 0 Å². The van der Waals surface area contributed by atoms with Gasteiger partial charge in [-0.25, -0.2) is 14.4 Å². The van der Waals surface area contributed by atoms with Crippen LogP contribution in [0.25, 0.3) is 27.9 Å². The number of carbonyl (C=O) groups excluding carboxylic acids is 1. The fourth-order valence-corrected chi connectivity index (χ4v) is 5.09. The molecule has 36 heavy (non-hydrogen) atoms. The number of hydrogen-bond donors (Lipinski definition) is 2. The highest BCUT2D eigenvalue weighted by Gasteiger charge is 2.33. The Morgan fingerprint density at radius 3 is 2.92 bits per heavy atom. The molecular weight excluding hydrogens is 465 g/mol. The van der Waals surface area contributed by atoms with Crippen molar-refractivity contribution in [3.8, 4) is 11.3 Å². The number of halogens is 1. The summed E-state index contributed by atoms with van der Waals surface area (Å²) in [5, 5.41) is 11.2. The van der Waals surface area contributed by atoms with Crippen LogP contribution in [0.5, 0.6) is 0 Å². The lowest BCUT2D eigenvalue weighted by molar-refractivity contribution is -0.0592. The second-order valence-electron chi connectivity index (χ2n) is 9.27. The number of ether oxygens (including phenoxy) is 2. The highest BCUT2D eigenvalue weighted by Crippen LogP contribution is 2.35. The lowest BCUT2D eigenvalue weighted by atomic mass is 9.90. The van der Waals surface area contributed by atoms with Gasteiger partial charge < -0.3 is 24.7 Å². The Bertz CT molecular complexity index is 1430. The number of rotatable bonds is 6. The molecule has 11 heteroatoms. The fourth-order valence-electron chi connectivity index (χ4n) is 5.09. The first-order chi connectivity index (χ1) is 17.6. The van der Waals surface area contributed by atoms with Gasteiger partial charge in [0.2, 0.25) is 0 Å². The Hall–Kier alpha value is -3.57. The van der Waals surface area contributed by atoms with Crippen LogP contribution in [-0.4, -0.2) is 75.7 Å². The molecule has 4 aromatic rings. The maximum Gasteiger partial charge on any atom is 0.257 e. The molecule has 0 radical (unpaired) electrons. The van der Waals surface area contributed by atoms with Crippen molar-refractivity contribution in [3.63, 3.8) is 0 Å². The van der Waals surface area contributed by atoms with Gasteiger partial charge in [-0.05, 0) is 31.4 Å². The molecule has 1 aliphatic carbocycles. The highest BCUT2D eigenvalue weighted by molar-refractivity contribution is 6.01. The van der Waals surface area contributed by atoms with Crippen LogP contribution in [0.1, 0.15) is 35.7 Å². The van der Waals surface area contributed by atoms with Crippen molar-refractivity contribution in [1.29, 1.82) is 0 Å². The summed E-state index contributed by atoms with van der Waals surface area (Å²) in [6.45, 7) is 1.17. The van der Waals surface area contributed by atoms with Gasteiger partial charge in [-0.15, -0.1) is 0 Å². The van der Waals surface area contributed by atoms with Crippen molar-refractivity contribution >= 4 is 28.4 Å². The molecule has 5 heterocycles. The Morgan fingerprint density at radius 2 is 2.17 bits per heavy atom. The summed E-state index contributed by atoms with van der Waals surface area (Å²) in [5.41, 5.74) is 3.09. The van der Waals surface area contributed by atoms with Crippen molar-refractivity contribution in [2.45, 2.75) is 43.6 Å². The molecule has 1 saturated carbocycles. The SMILES string of the molecule is CNc1cc(-c2cn([C@@H]3CCOC[C@@H]3OC)c3ncccc23)nc2c(C(=O)NC3CC[C@@H]3F)cnn12. The molecule has 1 saturated heterocycles. The summed E-state index contributed by atoms with van der Waals surface area (Å²) in [6.07, 6.45) is 6.11. The molecule has 2 fully saturated rings. The van der Waals surface area contributed by atoms with Crippen molar-refractivity contribution in [1.82, 2.24) is 29.5 Å². The third kappa shape index (κ3) is 3.70. The first-order valence-corrected chi connectivity index (χ1v) is 12.2. The van der Waals surface area contributed by atoms with Gasteiger partial charge >= 0.3 is 0 Å². The van der Waals surface area contributed by atoms with Crippen molar-refractivity contribution in [2.75, 3.05) is 32.7 Å². The van der Waals surface area contributed by atoms with E-state index in [9.17, 15) is 9.18 Å². The minimum absolute atomic E-state index is 0.0647. The molecule has 2 N–H and O–H groups in total. The van der Waals surface area contributed by atoms with Crippen LogP contribution in [0.2, 0.25) is 0 Å². The average molecular weight is 494 g/mol. The van der Waals surface area contributed by atoms with Crippen LogP contribution in [0.4, 0.5) is 10.2 Å². The zero-order chi connectivity index (χ0) is 24.8. The molecule has 4 aromatic heterocycles. The first-order valence-electron chi connectivity index (χ1n) is 12.2. The number of aromatic nitrogens is 5. The van der Waals surface area contributed by atoms with E-state index in [2.05, 4.69) is 31.5 Å². The Morgan fingerprint density at radius 1 is 1.28 bits per heavy atom. The van der Waals surface area contributed by atoms with Crippen LogP contribution >= 0.6 is 0 Å². The Labute approximate surface area is 206 Å². The minimum atomic E-state index is -1.01. The van der Waals surface area contributed by atoms with E-state index in [-0.39, 0.29) is 18.1 Å². The fraction of sp³-hybridized carbons (Fsp3) is 0.440. The number of nitrogens with zero attached hydrogens (tertiary/aromatic N) is 5. The third-order valence-corrected chi connectivity index (χ3v) is 7.27. The Kier molecular flexibility index (Phi) is 5.81. The van der Waals surface area contributed by atoms with Gasteiger partial charge in [0.05, 0.1) is 30.6 Å². The molecule has 1 unspecified atom stereocenters. The standard InChI is InChI=1S/C25H28FN7O3/c1-27-22-10-19(30-24-15(11-29-33(22)24)25(34)31-18-6-5-17(18)26)16-12-32(23-14(16)4-3-8-28-23)20-7-9-36-13-21(20)35-2/h3-4,8,10-12,17-18,20-21,27H,5-7,9,13H2,1-2H3,(H,31,34)/t17-,18?,20+,21-/m0/s1. The quantitative estimate of drug-likeness (QED) is 0.425. The summed E-state index contributed by atoms with van der Waals surface area (Å²) >= 11 is 0. The lowest BCUT2D eigenvalue weighted by Crippen LogP contribution is -2.48. The number of hydrogen-bond acceptors (Lipinski definition) is 7. The van der Waals surface area contributed by atoms with E-state index in [1.165, 1.54) is 6.20 Å². The number of carbonyl (C=O) groups is 1. The second-order valence-corrected chi connectivity index (χ2v) is 9.27. The van der Waals surface area contributed by atoms with Crippen LogP contribution < -0.4 is 10.6 Å². The van der Waals surface area contributed by atoms with E-state index in [0.717, 1.165) is 23.0 Å². The van der Waals surface area contributed by atoms with Gasteiger partial charge in [0, 0.05) is 50.2 Å². The minimum Gasteiger partial charge on any atom is -0.379 e. The topological polar surface area (TPSA) is 108 Å². The molecule has 1 amide bonds. The van der Waals surface area contributed by atoms with E-state index in [1.807, 2.05) is 18.2 Å². The van der Waals surface area contributed by atoms with E-state index in [4.69, 9.17) is 14.5 Å². The molecule has 0 bridgehead atoms. The average Bonchev–Trinajstić information content (AvgIpc) is 3.52. The molecule has 2 aliphatic rings. The Balaban J connectivity index is 1.47. The van der Waals surface area contributed by atoms with Gasteiger partial charge in [-0.2, -0.15) is 9.61 Å². The highest BCUT2D eigenvalue weighted by atomic mass is 19.1. The molecule has 6 rings (SSSR count). The molecule has 188 valence electrons. The molecule has 0 spiro atoms. The maximum absolute atomic E-state index is 13.8. The normalized spacial score (nSPS) is 24.1. The summed E-state index contributed by atoms with van der Waals surface area (Å²) in [5.74, 6) is 0.296. The zero-order valence-electron chi connectivity index (χ0n) is 20.1. The predicted octanol–water partition coefficient (Wildman–Crippen LogP) is 2.99. The first kappa shape index (κ1) is 22.9. The molecule has 4 atom stereocenters. The molecule has 0 aromatic carbocycles.